The molecule has 102 valence electrons. The zero-order chi connectivity index (χ0) is 14.3. The Bertz CT molecular complexity index is 702. The van der Waals surface area contributed by atoms with Crippen molar-refractivity contribution in [3.8, 4) is 5.82 Å². The average molecular weight is 300 g/mol. The van der Waals surface area contributed by atoms with Crippen LogP contribution in [-0.4, -0.2) is 27.9 Å². The largest absolute Gasteiger partial charge is 0.236 e. The second kappa shape index (κ2) is 4.61. The molecule has 7 heteroatoms. The zero-order valence-electron chi connectivity index (χ0n) is 10.8. The van der Waals surface area contributed by atoms with Crippen molar-refractivity contribution in [3.63, 3.8) is 0 Å². The second-order valence-corrected chi connectivity index (χ2v) is 8.08. The predicted molar refractivity (Wildman–Crippen MR) is 73.3 cm³/mol. The predicted octanol–water partition coefficient (Wildman–Crippen LogP) is 2.49. The van der Waals surface area contributed by atoms with Crippen LogP contribution in [0, 0.1) is 0 Å². The Morgan fingerprint density at radius 1 is 1.26 bits per heavy atom. The highest BCUT2D eigenvalue weighted by atomic mass is 35.5. The van der Waals surface area contributed by atoms with E-state index in [1.807, 2.05) is 0 Å². The average Bonchev–Trinajstić information content (AvgIpc) is 2.77. The number of halogens is 1. The van der Waals surface area contributed by atoms with Gasteiger partial charge in [0, 0.05) is 12.4 Å². The van der Waals surface area contributed by atoms with Crippen molar-refractivity contribution in [1.82, 2.24) is 14.8 Å². The number of nitrogens with zero attached hydrogens (tertiary/aromatic N) is 3. The van der Waals surface area contributed by atoms with Crippen LogP contribution < -0.4 is 0 Å². The van der Waals surface area contributed by atoms with Crippen molar-refractivity contribution in [1.29, 1.82) is 0 Å². The van der Waals surface area contributed by atoms with Crippen molar-refractivity contribution < 1.29 is 8.42 Å². The molecule has 0 amide bonds. The molecule has 0 saturated heterocycles. The summed E-state index contributed by atoms with van der Waals surface area (Å²) in [6.07, 6.45) is 3.10. The summed E-state index contributed by atoms with van der Waals surface area (Å²) in [7, 11) is -3.48. The summed E-state index contributed by atoms with van der Waals surface area (Å²) in [4.78, 5) is 4.08. The van der Waals surface area contributed by atoms with Crippen LogP contribution >= 0.6 is 11.6 Å². The quantitative estimate of drug-likeness (QED) is 0.854. The summed E-state index contributed by atoms with van der Waals surface area (Å²) in [5.41, 5.74) is 0. The molecule has 2 aromatic heterocycles. The number of pyridine rings is 1. The van der Waals surface area contributed by atoms with Gasteiger partial charge in [-0.15, -0.1) is 0 Å². The van der Waals surface area contributed by atoms with E-state index in [1.54, 1.807) is 39.1 Å². The lowest BCUT2D eigenvalue weighted by molar-refractivity contribution is 0.554. The molecule has 5 nitrogen and oxygen atoms in total. The first-order chi connectivity index (χ1) is 8.73. The van der Waals surface area contributed by atoms with Gasteiger partial charge in [-0.3, -0.25) is 0 Å². The number of sulfone groups is 1. The van der Waals surface area contributed by atoms with Gasteiger partial charge in [0.05, 0.1) is 9.77 Å². The molecule has 0 aromatic carbocycles. The first kappa shape index (κ1) is 14.0. The van der Waals surface area contributed by atoms with E-state index in [9.17, 15) is 8.42 Å². The third-order valence-electron chi connectivity index (χ3n) is 2.60. The molecule has 19 heavy (non-hydrogen) atoms. The van der Waals surface area contributed by atoms with Gasteiger partial charge in [0.25, 0.3) is 0 Å². The molecular weight excluding hydrogens is 286 g/mol. The summed E-state index contributed by atoms with van der Waals surface area (Å²) in [5, 5.41) is 4.48. The minimum atomic E-state index is -3.48. The summed E-state index contributed by atoms with van der Waals surface area (Å²) in [6.45, 7) is 4.90. The summed E-state index contributed by atoms with van der Waals surface area (Å²) in [5.74, 6) is 0.402. The van der Waals surface area contributed by atoms with Crippen LogP contribution in [0.3, 0.4) is 0 Å². The van der Waals surface area contributed by atoms with E-state index in [4.69, 9.17) is 11.6 Å². The third kappa shape index (κ3) is 2.50. The fourth-order valence-electron chi connectivity index (χ4n) is 1.43. The lowest BCUT2D eigenvalue weighted by atomic mass is 10.3. The van der Waals surface area contributed by atoms with E-state index < -0.39 is 14.6 Å². The minimum absolute atomic E-state index is 0.0155. The number of rotatable bonds is 2. The molecule has 2 heterocycles. The molecule has 0 aliphatic rings. The SMILES string of the molecule is CC(C)(C)S(=O)(=O)c1ccn(-c2ncccc2Cl)n1. The van der Waals surface area contributed by atoms with Gasteiger partial charge in [0.1, 0.15) is 0 Å². The standard InChI is InChI=1S/C12H14ClN3O2S/c1-12(2,3)19(17,18)10-6-8-16(15-10)11-9(13)5-4-7-14-11/h4-8H,1-3H3. The smallest absolute Gasteiger partial charge is 0.202 e. The van der Waals surface area contributed by atoms with Gasteiger partial charge in [-0.2, -0.15) is 5.10 Å². The van der Waals surface area contributed by atoms with E-state index in [1.165, 1.54) is 16.9 Å². The van der Waals surface area contributed by atoms with Gasteiger partial charge < -0.3 is 0 Å². The van der Waals surface area contributed by atoms with Gasteiger partial charge in [0.15, 0.2) is 10.8 Å². The van der Waals surface area contributed by atoms with Gasteiger partial charge in [-0.1, -0.05) is 11.6 Å². The van der Waals surface area contributed by atoms with Crippen molar-refractivity contribution >= 4 is 21.4 Å². The molecule has 0 atom stereocenters. The molecule has 2 aromatic rings. The van der Waals surface area contributed by atoms with Crippen LogP contribution in [0.15, 0.2) is 35.6 Å². The second-order valence-electron chi connectivity index (χ2n) is 5.02. The van der Waals surface area contributed by atoms with E-state index in [-0.39, 0.29) is 5.03 Å². The van der Waals surface area contributed by atoms with E-state index >= 15 is 0 Å². The fraction of sp³-hybridized carbons (Fsp3) is 0.333. The third-order valence-corrected chi connectivity index (χ3v) is 5.28. The Balaban J connectivity index is 2.50. The Morgan fingerprint density at radius 3 is 2.53 bits per heavy atom. The molecule has 0 N–H and O–H groups in total. The monoisotopic (exact) mass is 299 g/mol. The molecule has 0 aliphatic carbocycles. The van der Waals surface area contributed by atoms with Crippen molar-refractivity contribution in [2.75, 3.05) is 0 Å². The van der Waals surface area contributed by atoms with Crippen LogP contribution in [-0.2, 0) is 9.84 Å². The van der Waals surface area contributed by atoms with Gasteiger partial charge in [0.2, 0.25) is 9.84 Å². The molecule has 0 unspecified atom stereocenters. The number of hydrogen-bond donors (Lipinski definition) is 0. The van der Waals surface area contributed by atoms with Crippen LogP contribution in [0.4, 0.5) is 0 Å². The summed E-state index contributed by atoms with van der Waals surface area (Å²) in [6, 6.07) is 4.82. The van der Waals surface area contributed by atoms with Crippen LogP contribution in [0.25, 0.3) is 5.82 Å². The lowest BCUT2D eigenvalue weighted by Gasteiger charge is -2.16. The topological polar surface area (TPSA) is 64.8 Å². The highest BCUT2D eigenvalue weighted by Crippen LogP contribution is 2.24. The Morgan fingerprint density at radius 2 is 1.95 bits per heavy atom. The van der Waals surface area contributed by atoms with E-state index in [0.29, 0.717) is 10.8 Å². The molecule has 0 radical (unpaired) electrons. The Kier molecular flexibility index (Phi) is 3.40. The minimum Gasteiger partial charge on any atom is -0.236 e. The highest BCUT2D eigenvalue weighted by Gasteiger charge is 2.33. The normalized spacial score (nSPS) is 12.6. The van der Waals surface area contributed by atoms with Gasteiger partial charge >= 0.3 is 0 Å². The molecule has 0 spiro atoms. The fourth-order valence-corrected chi connectivity index (χ4v) is 2.70. The summed E-state index contributed by atoms with van der Waals surface area (Å²) >= 11 is 6.00. The molecule has 0 saturated carbocycles. The zero-order valence-corrected chi connectivity index (χ0v) is 12.4. The maximum absolute atomic E-state index is 12.3. The van der Waals surface area contributed by atoms with Gasteiger partial charge in [-0.25, -0.2) is 18.1 Å². The number of aromatic nitrogens is 3. The molecule has 0 aliphatic heterocycles. The molecule has 2 rings (SSSR count). The first-order valence-electron chi connectivity index (χ1n) is 5.65. The van der Waals surface area contributed by atoms with E-state index in [2.05, 4.69) is 10.1 Å². The maximum atomic E-state index is 12.3. The molecule has 0 fully saturated rings. The maximum Gasteiger partial charge on any atom is 0.202 e. The summed E-state index contributed by atoms with van der Waals surface area (Å²) < 4.78 is 25.0. The Labute approximate surface area is 117 Å². The first-order valence-corrected chi connectivity index (χ1v) is 7.51. The van der Waals surface area contributed by atoms with Crippen LogP contribution in [0.1, 0.15) is 20.8 Å². The Hall–Kier alpha value is -1.40. The highest BCUT2D eigenvalue weighted by molar-refractivity contribution is 7.92. The van der Waals surface area contributed by atoms with Crippen molar-refractivity contribution in [2.24, 2.45) is 0 Å². The van der Waals surface area contributed by atoms with Crippen LogP contribution in [0.2, 0.25) is 5.02 Å². The van der Waals surface area contributed by atoms with Crippen LogP contribution in [0.5, 0.6) is 0 Å². The van der Waals surface area contributed by atoms with Gasteiger partial charge in [-0.05, 0) is 39.0 Å². The lowest BCUT2D eigenvalue weighted by Crippen LogP contribution is -2.28. The van der Waals surface area contributed by atoms with Crippen molar-refractivity contribution in [2.45, 2.75) is 30.5 Å². The number of hydrogen-bond acceptors (Lipinski definition) is 4. The van der Waals surface area contributed by atoms with E-state index in [0.717, 1.165) is 0 Å². The van der Waals surface area contributed by atoms with Crippen molar-refractivity contribution in [3.05, 3.63) is 35.6 Å². The molecular formula is C12H14ClN3O2S. The molecule has 0 bridgehead atoms.